The summed E-state index contributed by atoms with van der Waals surface area (Å²) in [6.07, 6.45) is 6.11. The lowest BCUT2D eigenvalue weighted by Gasteiger charge is -2.12. The molecule has 0 amide bonds. The quantitative estimate of drug-likeness (QED) is 0.825. The molecule has 0 fully saturated rings. The van der Waals surface area contributed by atoms with E-state index >= 15 is 0 Å². The van der Waals surface area contributed by atoms with E-state index in [1.54, 1.807) is 12.1 Å². The molecule has 2 aromatic carbocycles. The average molecular weight is 286 g/mol. The van der Waals surface area contributed by atoms with Gasteiger partial charge in [-0.15, -0.1) is 6.42 Å². The summed E-state index contributed by atoms with van der Waals surface area (Å²) < 4.78 is 0. The molecule has 0 heterocycles. The number of anilines is 1. The lowest BCUT2D eigenvalue weighted by molar-refractivity contribution is 0.462. The van der Waals surface area contributed by atoms with Crippen LogP contribution in [0.15, 0.2) is 36.4 Å². The highest BCUT2D eigenvalue weighted by molar-refractivity contribution is 6.30. The average Bonchev–Trinajstić information content (AvgIpc) is 2.48. The van der Waals surface area contributed by atoms with E-state index in [1.807, 2.05) is 31.2 Å². The highest BCUT2D eigenvalue weighted by Crippen LogP contribution is 2.28. The molecule has 2 nitrogen and oxygen atoms in total. The summed E-state index contributed by atoms with van der Waals surface area (Å²) in [6.45, 7) is 2.48. The van der Waals surface area contributed by atoms with Crippen LogP contribution in [0.1, 0.15) is 23.6 Å². The number of terminal acetylenes is 1. The minimum Gasteiger partial charge on any atom is -0.507 e. The van der Waals surface area contributed by atoms with Gasteiger partial charge in [0.05, 0.1) is 0 Å². The first-order chi connectivity index (χ1) is 9.63. The van der Waals surface area contributed by atoms with Crippen LogP contribution >= 0.6 is 11.6 Å². The molecular formula is C17H16ClNO. The van der Waals surface area contributed by atoms with Gasteiger partial charge in [-0.25, -0.2) is 0 Å². The van der Waals surface area contributed by atoms with E-state index in [0.29, 0.717) is 17.3 Å². The standard InChI is InChI=1S/C17H16ClNO/c1-3-12-6-5-7-16(8-12)19-11-14-10-15(18)9-13(4-2)17(14)20/h1,5-10,19-20H,4,11H2,2H3. The zero-order valence-electron chi connectivity index (χ0n) is 11.3. The second-order valence-electron chi connectivity index (χ2n) is 4.50. The molecule has 0 aliphatic rings. The summed E-state index contributed by atoms with van der Waals surface area (Å²) in [5.74, 6) is 2.90. The Hall–Kier alpha value is -2.11. The fraction of sp³-hybridized carbons (Fsp3) is 0.176. The molecule has 0 bridgehead atoms. The third-order valence-electron chi connectivity index (χ3n) is 3.13. The SMILES string of the molecule is C#Cc1cccc(NCc2cc(Cl)cc(CC)c2O)c1. The molecule has 20 heavy (non-hydrogen) atoms. The summed E-state index contributed by atoms with van der Waals surface area (Å²) in [6, 6.07) is 11.2. The van der Waals surface area contributed by atoms with Crippen LogP contribution in [0.3, 0.4) is 0 Å². The number of halogens is 1. The number of nitrogens with one attached hydrogen (secondary N) is 1. The summed E-state index contributed by atoms with van der Waals surface area (Å²) in [7, 11) is 0. The molecule has 3 heteroatoms. The molecule has 0 spiro atoms. The number of aryl methyl sites for hydroxylation is 1. The monoisotopic (exact) mass is 285 g/mol. The predicted molar refractivity (Wildman–Crippen MR) is 84.2 cm³/mol. The topological polar surface area (TPSA) is 32.3 Å². The molecular weight excluding hydrogens is 270 g/mol. The van der Waals surface area contributed by atoms with Crippen molar-refractivity contribution in [3.05, 3.63) is 58.1 Å². The fourth-order valence-corrected chi connectivity index (χ4v) is 2.30. The number of rotatable bonds is 4. The van der Waals surface area contributed by atoms with Crippen molar-refractivity contribution >= 4 is 17.3 Å². The maximum atomic E-state index is 10.2. The van der Waals surface area contributed by atoms with Gasteiger partial charge in [0.25, 0.3) is 0 Å². The summed E-state index contributed by atoms with van der Waals surface area (Å²) in [4.78, 5) is 0. The van der Waals surface area contributed by atoms with E-state index in [0.717, 1.165) is 28.8 Å². The normalized spacial score (nSPS) is 10.1. The largest absolute Gasteiger partial charge is 0.507 e. The van der Waals surface area contributed by atoms with Crippen molar-refractivity contribution in [3.63, 3.8) is 0 Å². The Morgan fingerprint density at radius 1 is 1.25 bits per heavy atom. The minimum absolute atomic E-state index is 0.303. The van der Waals surface area contributed by atoms with Crippen molar-refractivity contribution in [3.8, 4) is 18.1 Å². The van der Waals surface area contributed by atoms with Gasteiger partial charge in [-0.1, -0.05) is 30.5 Å². The van der Waals surface area contributed by atoms with E-state index in [9.17, 15) is 5.11 Å². The van der Waals surface area contributed by atoms with Crippen molar-refractivity contribution in [2.75, 3.05) is 5.32 Å². The number of hydrogen-bond acceptors (Lipinski definition) is 2. The zero-order chi connectivity index (χ0) is 14.5. The predicted octanol–water partition coefficient (Wildman–Crippen LogP) is 4.20. The lowest BCUT2D eigenvalue weighted by atomic mass is 10.1. The smallest absolute Gasteiger partial charge is 0.123 e. The first-order valence-electron chi connectivity index (χ1n) is 6.45. The third kappa shape index (κ3) is 3.26. The Kier molecular flexibility index (Phi) is 4.55. The molecule has 0 saturated carbocycles. The van der Waals surface area contributed by atoms with Crippen LogP contribution in [0.25, 0.3) is 0 Å². The Labute approximate surface area is 124 Å². The van der Waals surface area contributed by atoms with E-state index < -0.39 is 0 Å². The number of hydrogen-bond donors (Lipinski definition) is 2. The molecule has 0 aliphatic carbocycles. The fourth-order valence-electron chi connectivity index (χ4n) is 2.04. The number of phenolic OH excluding ortho intramolecular Hbond substituents is 1. The molecule has 0 radical (unpaired) electrons. The molecule has 0 unspecified atom stereocenters. The van der Waals surface area contributed by atoms with Crippen LogP contribution in [0.5, 0.6) is 5.75 Å². The van der Waals surface area contributed by atoms with Gasteiger partial charge >= 0.3 is 0 Å². The van der Waals surface area contributed by atoms with Crippen molar-refractivity contribution in [2.45, 2.75) is 19.9 Å². The van der Waals surface area contributed by atoms with Crippen LogP contribution in [0.2, 0.25) is 5.02 Å². The molecule has 0 saturated heterocycles. The molecule has 0 aliphatic heterocycles. The Balaban J connectivity index is 2.18. The van der Waals surface area contributed by atoms with Gasteiger partial charge < -0.3 is 10.4 Å². The van der Waals surface area contributed by atoms with Crippen LogP contribution in [0, 0.1) is 12.3 Å². The number of aromatic hydroxyl groups is 1. The van der Waals surface area contributed by atoms with Gasteiger partial charge in [-0.05, 0) is 42.3 Å². The second-order valence-corrected chi connectivity index (χ2v) is 4.94. The van der Waals surface area contributed by atoms with Crippen LogP contribution in [-0.4, -0.2) is 5.11 Å². The maximum Gasteiger partial charge on any atom is 0.123 e. The van der Waals surface area contributed by atoms with Crippen molar-refractivity contribution in [1.29, 1.82) is 0 Å². The Morgan fingerprint density at radius 2 is 2.00 bits per heavy atom. The third-order valence-corrected chi connectivity index (χ3v) is 3.34. The summed E-state index contributed by atoms with van der Waals surface area (Å²) in [5.41, 5.74) is 3.37. The van der Waals surface area contributed by atoms with Crippen molar-refractivity contribution in [1.82, 2.24) is 0 Å². The van der Waals surface area contributed by atoms with E-state index in [2.05, 4.69) is 11.2 Å². The molecule has 0 aromatic heterocycles. The van der Waals surface area contributed by atoms with Gasteiger partial charge in [-0.3, -0.25) is 0 Å². The van der Waals surface area contributed by atoms with E-state index in [4.69, 9.17) is 18.0 Å². The minimum atomic E-state index is 0.303. The van der Waals surface area contributed by atoms with Gasteiger partial charge in [-0.2, -0.15) is 0 Å². The van der Waals surface area contributed by atoms with E-state index in [-0.39, 0.29) is 0 Å². The zero-order valence-corrected chi connectivity index (χ0v) is 12.0. The summed E-state index contributed by atoms with van der Waals surface area (Å²) >= 11 is 6.06. The van der Waals surface area contributed by atoms with Gasteiger partial charge in [0.2, 0.25) is 0 Å². The number of benzene rings is 2. The van der Waals surface area contributed by atoms with Gasteiger partial charge in [0.15, 0.2) is 0 Å². The first kappa shape index (κ1) is 14.3. The second kappa shape index (κ2) is 6.36. The van der Waals surface area contributed by atoms with Crippen molar-refractivity contribution < 1.29 is 5.11 Å². The summed E-state index contributed by atoms with van der Waals surface area (Å²) in [5, 5.41) is 14.0. The van der Waals surface area contributed by atoms with E-state index in [1.165, 1.54) is 0 Å². The Morgan fingerprint density at radius 3 is 2.70 bits per heavy atom. The van der Waals surface area contributed by atoms with Crippen LogP contribution in [0.4, 0.5) is 5.69 Å². The highest BCUT2D eigenvalue weighted by atomic mass is 35.5. The molecule has 0 atom stereocenters. The van der Waals surface area contributed by atoms with Gasteiger partial charge in [0.1, 0.15) is 5.75 Å². The van der Waals surface area contributed by atoms with Gasteiger partial charge in [0, 0.05) is 28.4 Å². The van der Waals surface area contributed by atoms with Crippen LogP contribution < -0.4 is 5.32 Å². The molecule has 2 N–H and O–H groups in total. The van der Waals surface area contributed by atoms with Crippen molar-refractivity contribution in [2.24, 2.45) is 0 Å². The maximum absolute atomic E-state index is 10.2. The first-order valence-corrected chi connectivity index (χ1v) is 6.82. The molecule has 102 valence electrons. The number of phenols is 1. The molecule has 2 aromatic rings. The lowest BCUT2D eigenvalue weighted by Crippen LogP contribution is -2.01. The Bertz CT molecular complexity index is 659. The molecule has 2 rings (SSSR count). The highest BCUT2D eigenvalue weighted by Gasteiger charge is 2.08. The van der Waals surface area contributed by atoms with Crippen LogP contribution in [-0.2, 0) is 13.0 Å².